The summed E-state index contributed by atoms with van der Waals surface area (Å²) in [6.45, 7) is 2.22. The third-order valence-electron chi connectivity index (χ3n) is 0.500. The average molecular weight is 110 g/mol. The van der Waals surface area contributed by atoms with E-state index in [1.54, 1.807) is 0 Å². The van der Waals surface area contributed by atoms with E-state index in [4.69, 9.17) is 11.1 Å². The Kier molecular flexibility index (Phi) is 23.9. The molecule has 0 rings (SSSR count). The Morgan fingerprint density at radius 1 is 1.57 bits per heavy atom. The summed E-state index contributed by atoms with van der Waals surface area (Å²) < 4.78 is 1.46. The van der Waals surface area contributed by atoms with Crippen LogP contribution in [0.4, 0.5) is 0 Å². The number of hydrogen-bond donors (Lipinski definition) is 2. The molecule has 3 nitrogen and oxygen atoms in total. The zero-order valence-corrected chi connectivity index (χ0v) is 6.86. The molecule has 0 aliphatic carbocycles. The minimum Gasteiger partial charge on any atom is 0.103 e. The van der Waals surface area contributed by atoms with Crippen molar-refractivity contribution in [2.24, 2.45) is 0 Å². The molecule has 0 heterocycles. The van der Waals surface area contributed by atoms with E-state index in [2.05, 4.69) is 6.92 Å². The normalized spacial score (nSPS) is 5.57. The van der Waals surface area contributed by atoms with E-state index < -0.39 is 0 Å². The second-order valence-corrected chi connectivity index (χ2v) is 2.11. The smallest absolute Gasteiger partial charge is 0.103 e. The standard InChI is InChI=1S/C3H7.H2N3.Na/c2*1-3-2;/h1,3H2,2H3;1-2H;/q;+1;. The molecule has 0 saturated carbocycles. The van der Waals surface area contributed by atoms with Gasteiger partial charge in [-0.05, 0) is 0 Å². The molecule has 0 spiro atoms. The van der Waals surface area contributed by atoms with Crippen LogP contribution in [0, 0.1) is 11.1 Å². The van der Waals surface area contributed by atoms with Gasteiger partial charge in [-0.2, -0.15) is 0 Å². The van der Waals surface area contributed by atoms with Crippen LogP contribution in [0.2, 0.25) is 3.67 Å². The second-order valence-electron chi connectivity index (χ2n) is 1.11. The van der Waals surface area contributed by atoms with Crippen molar-refractivity contribution in [3.63, 3.8) is 0 Å². The van der Waals surface area contributed by atoms with Crippen molar-refractivity contribution in [2.45, 2.75) is 17.0 Å². The van der Waals surface area contributed by atoms with Gasteiger partial charge in [0.15, 0.2) is 0 Å². The molecule has 36 valence electrons. The Morgan fingerprint density at radius 2 is 1.71 bits per heavy atom. The molecule has 2 N–H and O–H groups in total. The Labute approximate surface area is 60.9 Å². The molecule has 0 radical (unpaired) electrons. The zero-order valence-electron chi connectivity index (χ0n) is 4.86. The van der Waals surface area contributed by atoms with Crippen LogP contribution in [0.15, 0.2) is 0 Å². The predicted molar refractivity (Wildman–Crippen MR) is 28.4 cm³/mol. The van der Waals surface area contributed by atoms with Gasteiger partial charge in [-0.25, -0.2) is 0 Å². The largest absolute Gasteiger partial charge is 0.211 e. The summed E-state index contributed by atoms with van der Waals surface area (Å²) in [4.78, 5) is 2.00. The first-order valence-corrected chi connectivity index (χ1v) is 3.78. The maximum atomic E-state index is 5.50. The van der Waals surface area contributed by atoms with Gasteiger partial charge in [0.1, 0.15) is 11.1 Å². The molecule has 0 aromatic heterocycles. The van der Waals surface area contributed by atoms with E-state index in [1.165, 1.54) is 38.0 Å². The van der Waals surface area contributed by atoms with Gasteiger partial charge in [0, 0.05) is 0 Å². The molecule has 0 amide bonds. The van der Waals surface area contributed by atoms with Crippen LogP contribution >= 0.6 is 0 Å². The Bertz CT molecular complexity index is 46.1. The molecule has 0 bridgehead atoms. The molecule has 0 aromatic rings. The third-order valence-corrected chi connectivity index (χ3v) is 1.50. The summed E-state index contributed by atoms with van der Waals surface area (Å²) in [6.07, 6.45) is 1.38. The Hall–Kier alpha value is 0.310. The van der Waals surface area contributed by atoms with Gasteiger partial charge in [0.25, 0.3) is 0 Å². The monoisotopic (exact) mass is 110 g/mol. The van der Waals surface area contributed by atoms with E-state index >= 15 is 0 Å². The van der Waals surface area contributed by atoms with Crippen LogP contribution in [0.1, 0.15) is 13.3 Å². The minimum atomic E-state index is 1.38. The van der Waals surface area contributed by atoms with E-state index in [0.717, 1.165) is 0 Å². The van der Waals surface area contributed by atoms with Crippen LogP contribution in [0.5, 0.6) is 0 Å². The number of hydrogen-bond acceptors (Lipinski definition) is 2. The van der Waals surface area contributed by atoms with Gasteiger partial charge in [-0.3, -0.25) is 0 Å². The summed E-state index contributed by atoms with van der Waals surface area (Å²) in [7, 11) is 0. The second kappa shape index (κ2) is 16.2. The summed E-state index contributed by atoms with van der Waals surface area (Å²) in [6, 6.07) is 0. The summed E-state index contributed by atoms with van der Waals surface area (Å²) >= 11 is 1.39. The van der Waals surface area contributed by atoms with Crippen molar-refractivity contribution >= 4 is 27.9 Å². The van der Waals surface area contributed by atoms with Crippen molar-refractivity contribution in [1.29, 1.82) is 11.1 Å². The van der Waals surface area contributed by atoms with Crippen molar-refractivity contribution in [1.82, 2.24) is 4.91 Å². The van der Waals surface area contributed by atoms with Crippen LogP contribution in [-0.2, 0) is 0 Å². The molecular weight excluding hydrogens is 101 g/mol. The van der Waals surface area contributed by atoms with E-state index in [1.807, 2.05) is 4.91 Å². The van der Waals surface area contributed by atoms with E-state index in [-0.39, 0.29) is 0 Å². The maximum absolute atomic E-state index is 5.50. The van der Waals surface area contributed by atoms with E-state index in [0.29, 0.717) is 0 Å². The van der Waals surface area contributed by atoms with Gasteiger partial charge in [-0.1, -0.05) is 0 Å². The molecule has 0 atom stereocenters. The topological polar surface area (TPSA) is 61.8 Å². The number of nitrogens with zero attached hydrogens (tertiary/aromatic N) is 1. The fourth-order valence-electron chi connectivity index (χ4n) is 0. The molecule has 0 saturated heterocycles. The zero-order chi connectivity index (χ0) is 6.12. The minimum absolute atomic E-state index is 1.38. The Morgan fingerprint density at radius 3 is 1.71 bits per heavy atom. The van der Waals surface area contributed by atoms with Gasteiger partial charge < -0.3 is 0 Å². The van der Waals surface area contributed by atoms with E-state index in [9.17, 15) is 0 Å². The van der Waals surface area contributed by atoms with Crippen LogP contribution in [0.25, 0.3) is 0 Å². The van der Waals surface area contributed by atoms with Gasteiger partial charge in [-0.15, -0.1) is 0 Å². The van der Waals surface area contributed by atoms with Crippen molar-refractivity contribution in [3.8, 4) is 0 Å². The fraction of sp³-hybridized carbons (Fsp3) is 1.00. The SMILES string of the molecule is CC[CH2][Na].N=[N+]=N. The van der Waals surface area contributed by atoms with Gasteiger partial charge in [0.05, 0.1) is 0 Å². The fourth-order valence-corrected chi connectivity index (χ4v) is 0. The number of rotatable bonds is 1. The molecule has 0 unspecified atom stereocenters. The molecular formula is C3H9N3Na+. The Balaban J connectivity index is 0. The number of nitrogens with one attached hydrogen (secondary N) is 2. The van der Waals surface area contributed by atoms with Crippen molar-refractivity contribution < 1.29 is 0 Å². The van der Waals surface area contributed by atoms with Crippen molar-refractivity contribution in [2.75, 3.05) is 0 Å². The molecule has 0 aliphatic rings. The molecule has 0 aliphatic heterocycles. The van der Waals surface area contributed by atoms with Gasteiger partial charge >= 0.3 is 44.9 Å². The molecule has 7 heavy (non-hydrogen) atoms. The van der Waals surface area contributed by atoms with Crippen molar-refractivity contribution in [3.05, 3.63) is 0 Å². The predicted octanol–water partition coefficient (Wildman–Crippen LogP) is 1.10. The first kappa shape index (κ1) is 10.3. The van der Waals surface area contributed by atoms with Crippen LogP contribution < -0.4 is 4.91 Å². The van der Waals surface area contributed by atoms with Crippen LogP contribution in [-0.4, -0.2) is 27.9 Å². The quantitative estimate of drug-likeness (QED) is 0.288. The third kappa shape index (κ3) is 68.3. The first-order chi connectivity index (χ1) is 3.33. The summed E-state index contributed by atoms with van der Waals surface area (Å²) in [5.74, 6) is 0. The maximum Gasteiger partial charge on any atom is 0.211 e. The first-order valence-electron chi connectivity index (χ1n) is 2.36. The van der Waals surface area contributed by atoms with Gasteiger partial charge in [0.2, 0.25) is 4.91 Å². The summed E-state index contributed by atoms with van der Waals surface area (Å²) in [5, 5.41) is 0. The summed E-state index contributed by atoms with van der Waals surface area (Å²) in [5.41, 5.74) is 11.0. The molecule has 0 aromatic carbocycles. The van der Waals surface area contributed by atoms with Crippen LogP contribution in [0.3, 0.4) is 0 Å². The average Bonchev–Trinajstić information content (AvgIpc) is 1.69. The molecule has 4 heteroatoms. The molecule has 0 fully saturated rings.